The molecule has 0 radical (unpaired) electrons. The average molecular weight is 294 g/mol. The van der Waals surface area contributed by atoms with Crippen LogP contribution in [-0.4, -0.2) is 30.6 Å². The Bertz CT molecular complexity index is 497. The van der Waals surface area contributed by atoms with E-state index in [9.17, 15) is 14.3 Å². The standard InChI is InChI=1S/C16H23FN2O2/c1-11(20)14-4-3-5-15(17)16(14)19-8-6-13(7-9-19)10-18-12(2)21/h3-5,11,13,20H,6-10H2,1-2H3,(H,18,21)/t11-/m1/s1. The monoisotopic (exact) mass is 294 g/mol. The second-order valence-corrected chi connectivity index (χ2v) is 5.72. The minimum atomic E-state index is -0.687. The van der Waals surface area contributed by atoms with Crippen molar-refractivity contribution in [2.24, 2.45) is 5.92 Å². The maximum atomic E-state index is 14.1. The van der Waals surface area contributed by atoms with Crippen LogP contribution in [0.4, 0.5) is 10.1 Å². The van der Waals surface area contributed by atoms with Crippen molar-refractivity contribution >= 4 is 11.6 Å². The highest BCUT2D eigenvalue weighted by Gasteiger charge is 2.24. The fourth-order valence-corrected chi connectivity index (χ4v) is 2.85. The summed E-state index contributed by atoms with van der Waals surface area (Å²) in [4.78, 5) is 12.9. The van der Waals surface area contributed by atoms with Crippen LogP contribution in [0.5, 0.6) is 0 Å². The molecule has 2 rings (SSSR count). The molecule has 4 nitrogen and oxygen atoms in total. The van der Waals surface area contributed by atoms with E-state index in [0.717, 1.165) is 25.9 Å². The summed E-state index contributed by atoms with van der Waals surface area (Å²) in [7, 11) is 0. The Morgan fingerprint density at radius 1 is 1.48 bits per heavy atom. The number of halogens is 1. The Morgan fingerprint density at radius 3 is 2.71 bits per heavy atom. The van der Waals surface area contributed by atoms with Crippen LogP contribution in [0, 0.1) is 11.7 Å². The van der Waals surface area contributed by atoms with E-state index in [0.29, 0.717) is 23.7 Å². The van der Waals surface area contributed by atoms with Crippen LogP contribution in [0.3, 0.4) is 0 Å². The fourth-order valence-electron chi connectivity index (χ4n) is 2.85. The molecule has 1 amide bonds. The van der Waals surface area contributed by atoms with Crippen molar-refractivity contribution in [3.63, 3.8) is 0 Å². The normalized spacial score (nSPS) is 17.6. The largest absolute Gasteiger partial charge is 0.389 e. The molecule has 2 N–H and O–H groups in total. The van der Waals surface area contributed by atoms with Crippen LogP contribution in [-0.2, 0) is 4.79 Å². The molecule has 116 valence electrons. The third kappa shape index (κ3) is 3.94. The van der Waals surface area contributed by atoms with E-state index in [1.54, 1.807) is 19.1 Å². The molecule has 1 heterocycles. The van der Waals surface area contributed by atoms with E-state index >= 15 is 0 Å². The van der Waals surface area contributed by atoms with E-state index < -0.39 is 6.10 Å². The fraction of sp³-hybridized carbons (Fsp3) is 0.562. The third-order valence-corrected chi connectivity index (χ3v) is 4.04. The van der Waals surface area contributed by atoms with Crippen molar-refractivity contribution in [3.05, 3.63) is 29.6 Å². The Hall–Kier alpha value is -1.62. The molecule has 0 aromatic heterocycles. The van der Waals surface area contributed by atoms with Gasteiger partial charge >= 0.3 is 0 Å². The molecule has 21 heavy (non-hydrogen) atoms. The number of carbonyl (C=O) groups is 1. The maximum Gasteiger partial charge on any atom is 0.216 e. The predicted molar refractivity (Wildman–Crippen MR) is 80.7 cm³/mol. The first-order valence-electron chi connectivity index (χ1n) is 7.45. The van der Waals surface area contributed by atoms with Crippen molar-refractivity contribution in [1.82, 2.24) is 5.32 Å². The number of aliphatic hydroxyl groups is 1. The molecular formula is C16H23FN2O2. The Labute approximate surface area is 125 Å². The topological polar surface area (TPSA) is 52.6 Å². The summed E-state index contributed by atoms with van der Waals surface area (Å²) in [5.74, 6) is 0.142. The molecule has 1 saturated heterocycles. The predicted octanol–water partition coefficient (Wildman–Crippen LogP) is 2.23. The zero-order chi connectivity index (χ0) is 15.4. The molecule has 1 aliphatic heterocycles. The summed E-state index contributed by atoms with van der Waals surface area (Å²) in [6.45, 7) is 5.34. The van der Waals surface area contributed by atoms with Gasteiger partial charge in [0.1, 0.15) is 5.82 Å². The molecule has 5 heteroatoms. The summed E-state index contributed by atoms with van der Waals surface area (Å²) in [5, 5.41) is 12.7. The van der Waals surface area contributed by atoms with Gasteiger partial charge in [-0.15, -0.1) is 0 Å². The van der Waals surface area contributed by atoms with Crippen LogP contribution in [0.2, 0.25) is 0 Å². The summed E-state index contributed by atoms with van der Waals surface area (Å²) in [6, 6.07) is 4.83. The lowest BCUT2D eigenvalue weighted by molar-refractivity contribution is -0.119. The van der Waals surface area contributed by atoms with Crippen LogP contribution >= 0.6 is 0 Å². The minimum absolute atomic E-state index is 0.0112. The number of carbonyl (C=O) groups excluding carboxylic acids is 1. The number of nitrogens with zero attached hydrogens (tertiary/aromatic N) is 1. The Kier molecular flexibility index (Phi) is 5.17. The summed E-state index contributed by atoms with van der Waals surface area (Å²) >= 11 is 0. The summed E-state index contributed by atoms with van der Waals surface area (Å²) < 4.78 is 14.1. The van der Waals surface area contributed by atoms with Crippen molar-refractivity contribution in [2.75, 3.05) is 24.5 Å². The van der Waals surface area contributed by atoms with E-state index in [1.807, 2.05) is 4.90 Å². The van der Waals surface area contributed by atoms with Gasteiger partial charge in [0.2, 0.25) is 5.91 Å². The highest BCUT2D eigenvalue weighted by atomic mass is 19.1. The smallest absolute Gasteiger partial charge is 0.216 e. The van der Waals surface area contributed by atoms with Gasteiger partial charge in [-0.1, -0.05) is 12.1 Å². The molecule has 0 aliphatic carbocycles. The van der Waals surface area contributed by atoms with Gasteiger partial charge in [-0.05, 0) is 31.7 Å². The number of hydrogen-bond acceptors (Lipinski definition) is 3. The molecule has 1 atom stereocenters. The van der Waals surface area contributed by atoms with Crippen molar-refractivity contribution in [3.8, 4) is 0 Å². The van der Waals surface area contributed by atoms with Crippen LogP contribution < -0.4 is 10.2 Å². The Morgan fingerprint density at radius 2 is 2.14 bits per heavy atom. The van der Waals surface area contributed by atoms with Gasteiger partial charge in [0.25, 0.3) is 0 Å². The van der Waals surface area contributed by atoms with E-state index in [-0.39, 0.29) is 11.7 Å². The van der Waals surface area contributed by atoms with E-state index in [4.69, 9.17) is 0 Å². The minimum Gasteiger partial charge on any atom is -0.389 e. The molecular weight excluding hydrogens is 271 g/mol. The van der Waals surface area contributed by atoms with E-state index in [1.165, 1.54) is 13.0 Å². The molecule has 1 aromatic rings. The molecule has 1 fully saturated rings. The van der Waals surface area contributed by atoms with Gasteiger partial charge in [0.05, 0.1) is 11.8 Å². The molecule has 0 bridgehead atoms. The lowest BCUT2D eigenvalue weighted by Gasteiger charge is -2.35. The van der Waals surface area contributed by atoms with Crippen molar-refractivity contribution in [1.29, 1.82) is 0 Å². The van der Waals surface area contributed by atoms with E-state index in [2.05, 4.69) is 5.32 Å². The number of aliphatic hydroxyl groups excluding tert-OH is 1. The molecule has 1 aliphatic rings. The zero-order valence-corrected chi connectivity index (χ0v) is 12.6. The SMILES string of the molecule is CC(=O)NCC1CCN(c2c(F)cccc2[C@@H](C)O)CC1. The van der Waals surface area contributed by atoms with Gasteiger partial charge in [-0.3, -0.25) is 4.79 Å². The summed E-state index contributed by atoms with van der Waals surface area (Å²) in [6.07, 6.45) is 1.13. The van der Waals surface area contributed by atoms with Crippen molar-refractivity contribution < 1.29 is 14.3 Å². The quantitative estimate of drug-likeness (QED) is 0.895. The van der Waals surface area contributed by atoms with Crippen molar-refractivity contribution in [2.45, 2.75) is 32.8 Å². The molecule has 0 saturated carbocycles. The lowest BCUT2D eigenvalue weighted by Crippen LogP contribution is -2.39. The van der Waals surface area contributed by atoms with Gasteiger partial charge < -0.3 is 15.3 Å². The number of rotatable bonds is 4. The van der Waals surface area contributed by atoms with Crippen LogP contribution in [0.25, 0.3) is 0 Å². The number of hydrogen-bond donors (Lipinski definition) is 2. The average Bonchev–Trinajstić information content (AvgIpc) is 2.45. The number of para-hydroxylation sites is 1. The maximum absolute atomic E-state index is 14.1. The first-order chi connectivity index (χ1) is 9.99. The molecule has 0 spiro atoms. The second-order valence-electron chi connectivity index (χ2n) is 5.72. The first-order valence-corrected chi connectivity index (χ1v) is 7.45. The molecule has 1 aromatic carbocycles. The van der Waals surface area contributed by atoms with Gasteiger partial charge in [-0.25, -0.2) is 4.39 Å². The van der Waals surface area contributed by atoms with Gasteiger partial charge in [0.15, 0.2) is 0 Å². The Balaban J connectivity index is 2.04. The van der Waals surface area contributed by atoms with Crippen LogP contribution in [0.1, 0.15) is 38.4 Å². The number of anilines is 1. The summed E-state index contributed by atoms with van der Waals surface area (Å²) in [5.41, 5.74) is 1.15. The zero-order valence-electron chi connectivity index (χ0n) is 12.6. The lowest BCUT2D eigenvalue weighted by atomic mass is 9.95. The third-order valence-electron chi connectivity index (χ3n) is 4.04. The van der Waals surface area contributed by atoms with Crippen LogP contribution in [0.15, 0.2) is 18.2 Å². The van der Waals surface area contributed by atoms with Gasteiger partial charge in [0, 0.05) is 32.1 Å². The second kappa shape index (κ2) is 6.89. The molecule has 0 unspecified atom stereocenters. The number of amides is 1. The highest BCUT2D eigenvalue weighted by molar-refractivity contribution is 5.72. The number of nitrogens with one attached hydrogen (secondary N) is 1. The number of piperidine rings is 1. The van der Waals surface area contributed by atoms with Gasteiger partial charge in [-0.2, -0.15) is 0 Å². The highest BCUT2D eigenvalue weighted by Crippen LogP contribution is 2.32. The first kappa shape index (κ1) is 15.8. The number of benzene rings is 1.